The molecule has 0 heterocycles. The Morgan fingerprint density at radius 2 is 1.94 bits per heavy atom. The molecule has 0 radical (unpaired) electrons. The third-order valence-corrected chi connectivity index (χ3v) is 4.01. The Morgan fingerprint density at radius 1 is 1.41 bits per heavy atom. The van der Waals surface area contributed by atoms with Crippen molar-refractivity contribution >= 4 is 27.3 Å². The van der Waals surface area contributed by atoms with Gasteiger partial charge in [0.2, 0.25) is 10.0 Å². The van der Waals surface area contributed by atoms with Crippen LogP contribution in [-0.4, -0.2) is 25.3 Å². The molecule has 1 rings (SSSR count). The van der Waals surface area contributed by atoms with Gasteiger partial charge in [-0.25, -0.2) is 13.1 Å². The lowest BCUT2D eigenvalue weighted by Crippen LogP contribution is -2.33. The minimum Gasteiger partial charge on any atom is -0.258 e. The van der Waals surface area contributed by atoms with Gasteiger partial charge < -0.3 is 0 Å². The molecule has 0 aliphatic carbocycles. The summed E-state index contributed by atoms with van der Waals surface area (Å²) >= 11 is 5.50. The van der Waals surface area contributed by atoms with E-state index in [1.807, 2.05) is 0 Å². The van der Waals surface area contributed by atoms with Crippen molar-refractivity contribution in [2.75, 3.05) is 5.88 Å². The van der Waals surface area contributed by atoms with Crippen molar-refractivity contribution < 1.29 is 13.3 Å². The number of alkyl halides is 1. The molecule has 0 bridgehead atoms. The fourth-order valence-electron chi connectivity index (χ4n) is 1.11. The van der Waals surface area contributed by atoms with Crippen LogP contribution >= 0.6 is 11.6 Å². The zero-order chi connectivity index (χ0) is 13.1. The van der Waals surface area contributed by atoms with Crippen LogP contribution in [0.25, 0.3) is 0 Å². The van der Waals surface area contributed by atoms with Crippen LogP contribution in [0.5, 0.6) is 0 Å². The van der Waals surface area contributed by atoms with Crippen LogP contribution in [0.4, 0.5) is 5.69 Å². The quantitative estimate of drug-likeness (QED) is 0.502. The van der Waals surface area contributed by atoms with E-state index in [0.29, 0.717) is 0 Å². The molecule has 0 aliphatic heterocycles. The number of nitro groups is 1. The zero-order valence-corrected chi connectivity index (χ0v) is 10.5. The molecule has 17 heavy (non-hydrogen) atoms. The Hall–Kier alpha value is -1.18. The highest BCUT2D eigenvalue weighted by Gasteiger charge is 2.17. The fraction of sp³-hybridized carbons (Fsp3) is 0.333. The van der Waals surface area contributed by atoms with E-state index in [9.17, 15) is 18.5 Å². The number of nitrogens with one attached hydrogen (secondary N) is 1. The maximum Gasteiger partial charge on any atom is 0.269 e. The van der Waals surface area contributed by atoms with E-state index in [0.717, 1.165) is 12.1 Å². The summed E-state index contributed by atoms with van der Waals surface area (Å²) in [7, 11) is -3.67. The molecule has 0 fully saturated rings. The molecular weight excluding hydrogens is 268 g/mol. The second kappa shape index (κ2) is 5.44. The Kier molecular flexibility index (Phi) is 4.44. The van der Waals surface area contributed by atoms with E-state index in [4.69, 9.17) is 11.6 Å². The molecule has 1 N–H and O–H groups in total. The Morgan fingerprint density at radius 3 is 2.35 bits per heavy atom. The Balaban J connectivity index is 2.96. The summed E-state index contributed by atoms with van der Waals surface area (Å²) in [5.74, 6) is 0.145. The second-order valence-electron chi connectivity index (χ2n) is 3.43. The van der Waals surface area contributed by atoms with Gasteiger partial charge in [0, 0.05) is 24.1 Å². The minimum absolute atomic E-state index is 0.0277. The van der Waals surface area contributed by atoms with Gasteiger partial charge in [-0.1, -0.05) is 0 Å². The molecule has 94 valence electrons. The van der Waals surface area contributed by atoms with E-state index in [-0.39, 0.29) is 16.5 Å². The first kappa shape index (κ1) is 13.9. The number of nitro benzene ring substituents is 1. The Bertz CT molecular complexity index is 500. The van der Waals surface area contributed by atoms with Crippen molar-refractivity contribution in [3.8, 4) is 0 Å². The maximum atomic E-state index is 11.7. The van der Waals surface area contributed by atoms with Crippen molar-refractivity contribution in [2.24, 2.45) is 0 Å². The van der Waals surface area contributed by atoms with Crippen molar-refractivity contribution in [3.63, 3.8) is 0 Å². The van der Waals surface area contributed by atoms with Gasteiger partial charge in [-0.2, -0.15) is 0 Å². The molecule has 0 amide bonds. The average molecular weight is 279 g/mol. The number of sulfonamides is 1. The summed E-state index contributed by atoms with van der Waals surface area (Å²) in [4.78, 5) is 9.79. The monoisotopic (exact) mass is 278 g/mol. The predicted octanol–water partition coefficient (Wildman–Crippen LogP) is 1.50. The van der Waals surface area contributed by atoms with E-state index < -0.39 is 21.0 Å². The van der Waals surface area contributed by atoms with E-state index in [1.165, 1.54) is 12.1 Å². The van der Waals surface area contributed by atoms with Gasteiger partial charge in [0.05, 0.1) is 9.82 Å². The van der Waals surface area contributed by atoms with Gasteiger partial charge in [-0.3, -0.25) is 10.1 Å². The van der Waals surface area contributed by atoms with E-state index >= 15 is 0 Å². The first-order valence-electron chi connectivity index (χ1n) is 4.69. The third-order valence-electron chi connectivity index (χ3n) is 1.95. The van der Waals surface area contributed by atoms with Crippen molar-refractivity contribution in [2.45, 2.75) is 17.9 Å². The van der Waals surface area contributed by atoms with E-state index in [1.54, 1.807) is 6.92 Å². The molecule has 0 saturated carbocycles. The number of hydrogen-bond donors (Lipinski definition) is 1. The van der Waals surface area contributed by atoms with Gasteiger partial charge in [0.1, 0.15) is 0 Å². The van der Waals surface area contributed by atoms with Crippen LogP contribution in [0.1, 0.15) is 6.92 Å². The van der Waals surface area contributed by atoms with Gasteiger partial charge in [0.25, 0.3) is 5.69 Å². The third kappa shape index (κ3) is 3.65. The number of hydrogen-bond acceptors (Lipinski definition) is 4. The standard InChI is InChI=1S/C9H11ClN2O4S/c1-7(6-10)11-17(15,16)9-4-2-8(3-5-9)12(13)14/h2-5,7,11H,6H2,1H3. The molecule has 0 spiro atoms. The first-order valence-corrected chi connectivity index (χ1v) is 6.71. The Labute approximate surface area is 104 Å². The summed E-state index contributed by atoms with van der Waals surface area (Å²) in [6.07, 6.45) is 0. The lowest BCUT2D eigenvalue weighted by molar-refractivity contribution is -0.384. The highest BCUT2D eigenvalue weighted by molar-refractivity contribution is 7.89. The average Bonchev–Trinajstić information content (AvgIpc) is 2.28. The number of halogens is 1. The highest BCUT2D eigenvalue weighted by Crippen LogP contribution is 2.15. The number of benzene rings is 1. The maximum absolute atomic E-state index is 11.7. The summed E-state index contributed by atoms with van der Waals surface area (Å²) in [6, 6.07) is 4.24. The molecular formula is C9H11ClN2O4S. The number of nitrogens with zero attached hydrogens (tertiary/aromatic N) is 1. The number of rotatable bonds is 5. The summed E-state index contributed by atoms with van der Waals surface area (Å²) in [5, 5.41) is 10.4. The smallest absolute Gasteiger partial charge is 0.258 e. The van der Waals surface area contributed by atoms with Crippen molar-refractivity contribution in [3.05, 3.63) is 34.4 Å². The molecule has 0 saturated heterocycles. The van der Waals surface area contributed by atoms with Crippen LogP contribution in [0.15, 0.2) is 29.2 Å². The number of non-ortho nitro benzene ring substituents is 1. The zero-order valence-electron chi connectivity index (χ0n) is 8.96. The van der Waals surface area contributed by atoms with Crippen LogP contribution in [0.3, 0.4) is 0 Å². The summed E-state index contributed by atoms with van der Waals surface area (Å²) < 4.78 is 25.8. The van der Waals surface area contributed by atoms with Crippen molar-refractivity contribution in [1.82, 2.24) is 4.72 Å². The SMILES string of the molecule is CC(CCl)NS(=O)(=O)c1ccc([N+](=O)[O-])cc1. The van der Waals surface area contributed by atoms with Gasteiger partial charge >= 0.3 is 0 Å². The molecule has 0 aromatic heterocycles. The largest absolute Gasteiger partial charge is 0.269 e. The van der Waals surface area contributed by atoms with Crippen LogP contribution < -0.4 is 4.72 Å². The minimum atomic E-state index is -3.67. The molecule has 0 aliphatic rings. The van der Waals surface area contributed by atoms with Crippen LogP contribution in [0, 0.1) is 10.1 Å². The lowest BCUT2D eigenvalue weighted by atomic mass is 10.3. The molecule has 1 atom stereocenters. The molecule has 1 aromatic carbocycles. The summed E-state index contributed by atoms with van der Waals surface area (Å²) in [6.45, 7) is 1.62. The lowest BCUT2D eigenvalue weighted by Gasteiger charge is -2.10. The topological polar surface area (TPSA) is 89.3 Å². The van der Waals surface area contributed by atoms with Crippen LogP contribution in [0.2, 0.25) is 0 Å². The first-order chi connectivity index (χ1) is 7.86. The second-order valence-corrected chi connectivity index (χ2v) is 5.45. The van der Waals surface area contributed by atoms with Gasteiger partial charge in [-0.05, 0) is 19.1 Å². The van der Waals surface area contributed by atoms with Gasteiger partial charge in [-0.15, -0.1) is 11.6 Å². The predicted molar refractivity (Wildman–Crippen MR) is 63.6 cm³/mol. The highest BCUT2D eigenvalue weighted by atomic mass is 35.5. The normalized spacial score (nSPS) is 13.3. The molecule has 1 aromatic rings. The summed E-state index contributed by atoms with van der Waals surface area (Å²) in [5.41, 5.74) is -0.158. The molecule has 6 nitrogen and oxygen atoms in total. The fourth-order valence-corrected chi connectivity index (χ4v) is 2.52. The van der Waals surface area contributed by atoms with Gasteiger partial charge in [0.15, 0.2) is 0 Å². The molecule has 8 heteroatoms. The van der Waals surface area contributed by atoms with Crippen LogP contribution in [-0.2, 0) is 10.0 Å². The van der Waals surface area contributed by atoms with E-state index in [2.05, 4.69) is 4.72 Å². The molecule has 1 unspecified atom stereocenters. The van der Waals surface area contributed by atoms with Crippen molar-refractivity contribution in [1.29, 1.82) is 0 Å².